The lowest BCUT2D eigenvalue weighted by atomic mass is 10.1. The van der Waals surface area contributed by atoms with E-state index in [-0.39, 0.29) is 29.1 Å². The normalized spacial score (nSPS) is 15.8. The van der Waals surface area contributed by atoms with Crippen LogP contribution in [0.4, 0.5) is 5.69 Å². The average Bonchev–Trinajstić information content (AvgIpc) is 3.59. The molecule has 1 aliphatic heterocycles. The first-order valence-corrected chi connectivity index (χ1v) is 13.3. The summed E-state index contributed by atoms with van der Waals surface area (Å²) >= 11 is 1.55. The van der Waals surface area contributed by atoms with Crippen LogP contribution >= 0.6 is 11.8 Å². The molecule has 0 bridgehead atoms. The first kappa shape index (κ1) is 25.4. The molecule has 2 heterocycles. The number of carbonyl (C=O) groups is 3. The molecule has 1 aliphatic rings. The quantitative estimate of drug-likeness (QED) is 0.304. The number of thioether (sulfide) groups is 1. The third kappa shape index (κ3) is 5.65. The summed E-state index contributed by atoms with van der Waals surface area (Å²) in [6, 6.07) is 27.3. The zero-order chi connectivity index (χ0) is 26.5. The maximum absolute atomic E-state index is 13.1. The maximum Gasteiger partial charge on any atom is 0.255 e. The van der Waals surface area contributed by atoms with Crippen molar-refractivity contribution in [1.29, 1.82) is 0 Å². The first-order valence-electron chi connectivity index (χ1n) is 12.3. The van der Waals surface area contributed by atoms with Crippen LogP contribution in [-0.2, 0) is 11.3 Å². The van der Waals surface area contributed by atoms with Gasteiger partial charge in [-0.3, -0.25) is 14.4 Å². The van der Waals surface area contributed by atoms with Crippen molar-refractivity contribution >= 4 is 35.2 Å². The Morgan fingerprint density at radius 2 is 1.68 bits per heavy atom. The summed E-state index contributed by atoms with van der Waals surface area (Å²) < 4.78 is 5.42. The second-order valence-corrected chi connectivity index (χ2v) is 10.1. The molecule has 1 fully saturated rings. The molecule has 0 saturated carbocycles. The highest BCUT2D eigenvalue weighted by molar-refractivity contribution is 8.00. The van der Waals surface area contributed by atoms with Crippen LogP contribution in [0.3, 0.4) is 0 Å². The van der Waals surface area contributed by atoms with E-state index in [1.165, 1.54) is 0 Å². The van der Waals surface area contributed by atoms with Crippen molar-refractivity contribution < 1.29 is 18.8 Å². The molecule has 0 aliphatic carbocycles. The predicted molar refractivity (Wildman–Crippen MR) is 148 cm³/mol. The number of benzene rings is 3. The summed E-state index contributed by atoms with van der Waals surface area (Å²) in [5.41, 5.74) is 3.19. The Morgan fingerprint density at radius 3 is 2.42 bits per heavy atom. The van der Waals surface area contributed by atoms with Crippen LogP contribution in [0.2, 0.25) is 0 Å². The van der Waals surface area contributed by atoms with E-state index in [4.69, 9.17) is 4.42 Å². The molecule has 1 saturated heterocycles. The average molecular weight is 526 g/mol. The summed E-state index contributed by atoms with van der Waals surface area (Å²) in [5.74, 6) is 0.579. The Bertz CT molecular complexity index is 1420. The van der Waals surface area contributed by atoms with Crippen LogP contribution in [0.15, 0.2) is 102 Å². The fraction of sp³-hybridized carbons (Fsp3) is 0.167. The van der Waals surface area contributed by atoms with Gasteiger partial charge in [0.1, 0.15) is 11.1 Å². The number of anilines is 1. The molecular weight excluding hydrogens is 498 g/mol. The van der Waals surface area contributed by atoms with Crippen molar-refractivity contribution in [3.8, 4) is 0 Å². The molecule has 2 atom stereocenters. The standard InChI is InChI=1S/C30H27N3O4S/c1-20(21-8-3-2-4-9-21)31-29(36)25-11-5-6-12-26(25)32-28(35)22-13-15-23(16-14-22)30-33(27(34)19-38-30)18-24-10-7-17-37-24/h2-17,20,30H,18-19H2,1H3,(H,31,36)(H,32,35)/t20-,30-/m0/s1. The van der Waals surface area contributed by atoms with Crippen LogP contribution in [0.1, 0.15) is 55.9 Å². The fourth-order valence-corrected chi connectivity index (χ4v) is 5.54. The van der Waals surface area contributed by atoms with Crippen LogP contribution < -0.4 is 10.6 Å². The lowest BCUT2D eigenvalue weighted by Gasteiger charge is -2.23. The highest BCUT2D eigenvalue weighted by atomic mass is 32.2. The van der Waals surface area contributed by atoms with Gasteiger partial charge in [0.15, 0.2) is 0 Å². The van der Waals surface area contributed by atoms with Gasteiger partial charge in [-0.25, -0.2) is 0 Å². The highest BCUT2D eigenvalue weighted by Crippen LogP contribution is 2.39. The summed E-state index contributed by atoms with van der Waals surface area (Å²) in [5, 5.41) is 5.72. The van der Waals surface area contributed by atoms with Crippen LogP contribution in [-0.4, -0.2) is 28.4 Å². The Balaban J connectivity index is 1.26. The Hall–Kier alpha value is -4.30. The minimum Gasteiger partial charge on any atom is -0.467 e. The summed E-state index contributed by atoms with van der Waals surface area (Å²) in [6.07, 6.45) is 1.59. The lowest BCUT2D eigenvalue weighted by molar-refractivity contribution is -0.128. The molecule has 0 radical (unpaired) electrons. The van der Waals surface area contributed by atoms with Crippen molar-refractivity contribution in [3.05, 3.63) is 125 Å². The minimum absolute atomic E-state index is 0.0506. The van der Waals surface area contributed by atoms with Crippen molar-refractivity contribution in [1.82, 2.24) is 10.2 Å². The third-order valence-electron chi connectivity index (χ3n) is 6.40. The van der Waals surface area contributed by atoms with Gasteiger partial charge >= 0.3 is 0 Å². The summed E-state index contributed by atoms with van der Waals surface area (Å²) in [7, 11) is 0. The van der Waals surface area contributed by atoms with Gasteiger partial charge in [-0.1, -0.05) is 54.6 Å². The van der Waals surface area contributed by atoms with Crippen molar-refractivity contribution in [2.75, 3.05) is 11.1 Å². The molecule has 0 unspecified atom stereocenters. The monoisotopic (exact) mass is 525 g/mol. The molecular formula is C30H27N3O4S. The van der Waals surface area contributed by atoms with E-state index in [1.54, 1.807) is 65.4 Å². The third-order valence-corrected chi connectivity index (χ3v) is 7.66. The van der Waals surface area contributed by atoms with E-state index in [0.717, 1.165) is 16.9 Å². The highest BCUT2D eigenvalue weighted by Gasteiger charge is 2.33. The van der Waals surface area contributed by atoms with Crippen LogP contribution in [0.5, 0.6) is 0 Å². The summed E-state index contributed by atoms with van der Waals surface area (Å²) in [4.78, 5) is 40.3. The number of carbonyl (C=O) groups excluding carboxylic acids is 3. The van der Waals surface area contributed by atoms with Gasteiger partial charge in [0, 0.05) is 5.56 Å². The number of hydrogen-bond donors (Lipinski definition) is 2. The fourth-order valence-electron chi connectivity index (χ4n) is 4.35. The molecule has 2 N–H and O–H groups in total. The van der Waals surface area contributed by atoms with E-state index in [1.807, 2.05) is 55.5 Å². The number of amides is 3. The topological polar surface area (TPSA) is 91.7 Å². The molecule has 3 aromatic carbocycles. The number of rotatable bonds is 8. The van der Waals surface area contributed by atoms with E-state index < -0.39 is 0 Å². The molecule has 8 heteroatoms. The van der Waals surface area contributed by atoms with Gasteiger partial charge in [0.05, 0.1) is 35.9 Å². The Labute approximate surface area is 225 Å². The van der Waals surface area contributed by atoms with Gasteiger partial charge in [0.25, 0.3) is 11.8 Å². The Morgan fingerprint density at radius 1 is 0.947 bits per heavy atom. The van der Waals surface area contributed by atoms with E-state index >= 15 is 0 Å². The minimum atomic E-state index is -0.324. The number of para-hydroxylation sites is 1. The number of nitrogens with zero attached hydrogens (tertiary/aromatic N) is 1. The second kappa shape index (κ2) is 11.4. The Kier molecular flexibility index (Phi) is 7.60. The van der Waals surface area contributed by atoms with Crippen LogP contribution in [0, 0.1) is 0 Å². The van der Waals surface area contributed by atoms with Crippen molar-refractivity contribution in [2.45, 2.75) is 24.9 Å². The molecule has 0 spiro atoms. The first-order chi connectivity index (χ1) is 18.5. The molecule has 7 nitrogen and oxygen atoms in total. The number of furan rings is 1. The van der Waals surface area contributed by atoms with Gasteiger partial charge < -0.3 is 20.0 Å². The molecule has 4 aromatic rings. The molecule has 5 rings (SSSR count). The molecule has 192 valence electrons. The van der Waals surface area contributed by atoms with Gasteiger partial charge in [0.2, 0.25) is 5.91 Å². The van der Waals surface area contributed by atoms with Crippen molar-refractivity contribution in [2.24, 2.45) is 0 Å². The van der Waals surface area contributed by atoms with E-state index in [2.05, 4.69) is 10.6 Å². The van der Waals surface area contributed by atoms with E-state index in [0.29, 0.717) is 29.1 Å². The van der Waals surface area contributed by atoms with Gasteiger partial charge in [-0.15, -0.1) is 11.8 Å². The smallest absolute Gasteiger partial charge is 0.255 e. The van der Waals surface area contributed by atoms with Crippen molar-refractivity contribution in [3.63, 3.8) is 0 Å². The van der Waals surface area contributed by atoms with Gasteiger partial charge in [-0.05, 0) is 54.4 Å². The van der Waals surface area contributed by atoms with Gasteiger partial charge in [-0.2, -0.15) is 0 Å². The zero-order valence-corrected chi connectivity index (χ0v) is 21.6. The summed E-state index contributed by atoms with van der Waals surface area (Å²) in [6.45, 7) is 2.31. The van der Waals surface area contributed by atoms with E-state index in [9.17, 15) is 14.4 Å². The predicted octanol–water partition coefficient (Wildman–Crippen LogP) is 5.80. The number of hydrogen-bond acceptors (Lipinski definition) is 5. The molecule has 1 aromatic heterocycles. The largest absolute Gasteiger partial charge is 0.467 e. The lowest BCUT2D eigenvalue weighted by Crippen LogP contribution is -2.28. The SMILES string of the molecule is C[C@H](NC(=O)c1ccccc1NC(=O)c1ccc([C@@H]2SCC(=O)N2Cc2ccco2)cc1)c1ccccc1. The zero-order valence-electron chi connectivity index (χ0n) is 20.8. The molecule has 3 amide bonds. The number of nitrogens with one attached hydrogen (secondary N) is 2. The van der Waals surface area contributed by atoms with Crippen LogP contribution in [0.25, 0.3) is 0 Å². The molecule has 38 heavy (non-hydrogen) atoms. The maximum atomic E-state index is 13.1. The second-order valence-electron chi connectivity index (χ2n) is 8.99.